The van der Waals surface area contributed by atoms with E-state index in [0.717, 1.165) is 15.6 Å². The molecule has 1 amide bonds. The first-order valence-electron chi connectivity index (χ1n) is 5.84. The van der Waals surface area contributed by atoms with E-state index in [4.69, 9.17) is 0 Å². The Bertz CT molecular complexity index is 583. The molecule has 1 N–H and O–H groups in total. The summed E-state index contributed by atoms with van der Waals surface area (Å²) in [6.07, 6.45) is 0. The van der Waals surface area contributed by atoms with Crippen LogP contribution in [0.15, 0.2) is 53.0 Å². The van der Waals surface area contributed by atoms with Crippen LogP contribution in [0.5, 0.6) is 0 Å². The zero-order valence-corrected chi connectivity index (χ0v) is 11.9. The van der Waals surface area contributed by atoms with Gasteiger partial charge in [-0.15, -0.1) is 0 Å². The lowest BCUT2D eigenvalue weighted by Crippen LogP contribution is -2.26. The average molecular weight is 322 g/mol. The van der Waals surface area contributed by atoms with Gasteiger partial charge in [-0.3, -0.25) is 4.79 Å². The fourth-order valence-corrected chi connectivity index (χ4v) is 2.17. The molecular formula is C15H13BrFNO. The second kappa shape index (κ2) is 5.97. The summed E-state index contributed by atoms with van der Waals surface area (Å²) in [7, 11) is 0. The largest absolute Gasteiger partial charge is 0.345 e. The molecule has 2 rings (SSSR count). The highest BCUT2D eigenvalue weighted by Crippen LogP contribution is 2.24. The predicted molar refractivity (Wildman–Crippen MR) is 76.2 cm³/mol. The van der Waals surface area contributed by atoms with E-state index in [1.165, 1.54) is 19.1 Å². The van der Waals surface area contributed by atoms with Gasteiger partial charge in [-0.05, 0) is 35.4 Å². The maximum absolute atomic E-state index is 13.3. The lowest BCUT2D eigenvalue weighted by atomic mass is 9.98. The third-order valence-corrected chi connectivity index (χ3v) is 3.26. The topological polar surface area (TPSA) is 29.1 Å². The van der Waals surface area contributed by atoms with Crippen LogP contribution in [0.2, 0.25) is 0 Å². The molecule has 0 saturated heterocycles. The molecule has 0 unspecified atom stereocenters. The smallest absolute Gasteiger partial charge is 0.217 e. The van der Waals surface area contributed by atoms with Gasteiger partial charge in [-0.2, -0.15) is 0 Å². The van der Waals surface area contributed by atoms with Gasteiger partial charge in [0.1, 0.15) is 5.82 Å². The number of rotatable bonds is 3. The van der Waals surface area contributed by atoms with Gasteiger partial charge in [0.15, 0.2) is 0 Å². The standard InChI is InChI=1S/C15H13BrFNO/c1-10(19)18-15(11-5-7-13(16)8-6-11)12-3-2-4-14(17)9-12/h2-9,15H,1H3,(H,18,19)/t15-/m1/s1. The molecule has 19 heavy (non-hydrogen) atoms. The summed E-state index contributed by atoms with van der Waals surface area (Å²) in [5, 5.41) is 2.84. The molecule has 0 bridgehead atoms. The van der Waals surface area contributed by atoms with E-state index in [1.807, 2.05) is 24.3 Å². The van der Waals surface area contributed by atoms with Crippen molar-refractivity contribution >= 4 is 21.8 Å². The molecule has 4 heteroatoms. The van der Waals surface area contributed by atoms with E-state index in [9.17, 15) is 9.18 Å². The lowest BCUT2D eigenvalue weighted by Gasteiger charge is -2.19. The lowest BCUT2D eigenvalue weighted by molar-refractivity contribution is -0.119. The number of amides is 1. The summed E-state index contributed by atoms with van der Waals surface area (Å²) < 4.78 is 14.3. The van der Waals surface area contributed by atoms with Crippen LogP contribution in [0.1, 0.15) is 24.1 Å². The molecule has 0 heterocycles. The molecule has 0 spiro atoms. The van der Waals surface area contributed by atoms with Gasteiger partial charge in [0.05, 0.1) is 6.04 Å². The minimum Gasteiger partial charge on any atom is -0.345 e. The summed E-state index contributed by atoms with van der Waals surface area (Å²) >= 11 is 3.37. The van der Waals surface area contributed by atoms with Crippen molar-refractivity contribution in [2.45, 2.75) is 13.0 Å². The molecule has 0 aromatic heterocycles. The minimum atomic E-state index is -0.346. The van der Waals surface area contributed by atoms with Crippen LogP contribution in [0.25, 0.3) is 0 Å². The second-order valence-electron chi connectivity index (χ2n) is 4.24. The molecule has 98 valence electrons. The zero-order chi connectivity index (χ0) is 13.8. The zero-order valence-electron chi connectivity index (χ0n) is 10.4. The van der Waals surface area contributed by atoms with Gasteiger partial charge in [-0.1, -0.05) is 40.2 Å². The van der Waals surface area contributed by atoms with E-state index in [0.29, 0.717) is 0 Å². The van der Waals surface area contributed by atoms with Crippen molar-refractivity contribution in [1.29, 1.82) is 0 Å². The first-order chi connectivity index (χ1) is 9.06. The second-order valence-corrected chi connectivity index (χ2v) is 5.16. The van der Waals surface area contributed by atoms with Gasteiger partial charge in [0, 0.05) is 11.4 Å². The Hall–Kier alpha value is -1.68. The number of hydrogen-bond donors (Lipinski definition) is 1. The Morgan fingerprint density at radius 3 is 2.42 bits per heavy atom. The van der Waals surface area contributed by atoms with Crippen molar-refractivity contribution in [2.75, 3.05) is 0 Å². The fraction of sp³-hybridized carbons (Fsp3) is 0.133. The average Bonchev–Trinajstić information content (AvgIpc) is 2.37. The highest BCUT2D eigenvalue weighted by Gasteiger charge is 2.15. The molecule has 0 saturated carbocycles. The molecule has 2 aromatic carbocycles. The SMILES string of the molecule is CC(=O)N[C@H](c1ccc(Br)cc1)c1cccc(F)c1. The van der Waals surface area contributed by atoms with Crippen molar-refractivity contribution in [3.8, 4) is 0 Å². The number of carbonyl (C=O) groups excluding carboxylic acids is 1. The van der Waals surface area contributed by atoms with Crippen LogP contribution in [-0.4, -0.2) is 5.91 Å². The minimum absolute atomic E-state index is 0.155. The van der Waals surface area contributed by atoms with Gasteiger partial charge in [0.25, 0.3) is 0 Å². The molecule has 0 fully saturated rings. The summed E-state index contributed by atoms with van der Waals surface area (Å²) in [5.74, 6) is -0.470. The van der Waals surface area contributed by atoms with Crippen LogP contribution in [0.4, 0.5) is 4.39 Å². The first-order valence-corrected chi connectivity index (χ1v) is 6.63. The van der Waals surface area contributed by atoms with E-state index in [2.05, 4.69) is 21.2 Å². The van der Waals surface area contributed by atoms with E-state index >= 15 is 0 Å². The number of halogens is 2. The van der Waals surface area contributed by atoms with Crippen molar-refractivity contribution in [3.63, 3.8) is 0 Å². The molecule has 2 aromatic rings. The number of nitrogens with one attached hydrogen (secondary N) is 1. The van der Waals surface area contributed by atoms with Crippen molar-refractivity contribution in [3.05, 3.63) is 69.9 Å². The van der Waals surface area contributed by atoms with E-state index in [1.54, 1.807) is 12.1 Å². The molecule has 1 atom stereocenters. The van der Waals surface area contributed by atoms with Crippen LogP contribution in [0, 0.1) is 5.82 Å². The fourth-order valence-electron chi connectivity index (χ4n) is 1.90. The third kappa shape index (κ3) is 3.64. The normalized spacial score (nSPS) is 11.9. The molecule has 0 radical (unpaired) electrons. The quantitative estimate of drug-likeness (QED) is 0.915. The molecule has 2 nitrogen and oxygen atoms in total. The first kappa shape index (κ1) is 13.7. The molecular weight excluding hydrogens is 309 g/mol. The van der Waals surface area contributed by atoms with E-state index < -0.39 is 0 Å². The molecule has 0 aliphatic rings. The van der Waals surface area contributed by atoms with Gasteiger partial charge in [-0.25, -0.2) is 4.39 Å². The summed E-state index contributed by atoms with van der Waals surface area (Å²) in [6, 6.07) is 13.5. The maximum Gasteiger partial charge on any atom is 0.217 e. The van der Waals surface area contributed by atoms with Gasteiger partial charge in [0.2, 0.25) is 5.91 Å². The summed E-state index contributed by atoms with van der Waals surface area (Å²) in [5.41, 5.74) is 1.63. The Morgan fingerprint density at radius 1 is 1.16 bits per heavy atom. The summed E-state index contributed by atoms with van der Waals surface area (Å²) in [4.78, 5) is 11.3. The monoisotopic (exact) mass is 321 g/mol. The van der Waals surface area contributed by atoms with Gasteiger partial charge < -0.3 is 5.32 Å². The highest BCUT2D eigenvalue weighted by molar-refractivity contribution is 9.10. The highest BCUT2D eigenvalue weighted by atomic mass is 79.9. The van der Waals surface area contributed by atoms with E-state index in [-0.39, 0.29) is 17.8 Å². The van der Waals surface area contributed by atoms with Crippen LogP contribution >= 0.6 is 15.9 Å². The molecule has 0 aliphatic carbocycles. The Morgan fingerprint density at radius 2 is 1.84 bits per heavy atom. The Balaban J connectivity index is 2.40. The number of carbonyl (C=O) groups is 1. The number of benzene rings is 2. The van der Waals surface area contributed by atoms with Crippen LogP contribution in [0.3, 0.4) is 0 Å². The summed E-state index contributed by atoms with van der Waals surface area (Å²) in [6.45, 7) is 1.45. The van der Waals surface area contributed by atoms with Gasteiger partial charge >= 0.3 is 0 Å². The van der Waals surface area contributed by atoms with Crippen molar-refractivity contribution < 1.29 is 9.18 Å². The van der Waals surface area contributed by atoms with Crippen molar-refractivity contribution in [1.82, 2.24) is 5.32 Å². The Kier molecular flexibility index (Phi) is 4.32. The van der Waals surface area contributed by atoms with Crippen LogP contribution in [-0.2, 0) is 4.79 Å². The maximum atomic E-state index is 13.3. The third-order valence-electron chi connectivity index (χ3n) is 2.73. The predicted octanol–water partition coefficient (Wildman–Crippen LogP) is 3.81. The molecule has 0 aliphatic heterocycles. The van der Waals surface area contributed by atoms with Crippen LogP contribution < -0.4 is 5.32 Å². The number of hydrogen-bond acceptors (Lipinski definition) is 1. The Labute approximate surface area is 119 Å². The van der Waals surface area contributed by atoms with Crippen molar-refractivity contribution in [2.24, 2.45) is 0 Å².